The fraction of sp³-hybridized carbons (Fsp3) is 0.308. The number of hydrogen-bond donors (Lipinski definition) is 2. The van der Waals surface area contributed by atoms with Crippen LogP contribution in [0.1, 0.15) is 17.3 Å². The van der Waals surface area contributed by atoms with Gasteiger partial charge in [0, 0.05) is 12.7 Å². The maximum Gasteiger partial charge on any atom is 0.142 e. The van der Waals surface area contributed by atoms with E-state index in [-0.39, 0.29) is 0 Å². The van der Waals surface area contributed by atoms with Gasteiger partial charge in [-0.1, -0.05) is 23.7 Å². The van der Waals surface area contributed by atoms with Gasteiger partial charge in [0.2, 0.25) is 0 Å². The van der Waals surface area contributed by atoms with Crippen molar-refractivity contribution in [2.24, 2.45) is 5.84 Å². The first kappa shape index (κ1) is 16.4. The molecule has 1 atom stereocenters. The van der Waals surface area contributed by atoms with Crippen LogP contribution >= 0.6 is 27.5 Å². The Bertz CT molecular complexity index is 622. The molecule has 0 spiro atoms. The van der Waals surface area contributed by atoms with Gasteiger partial charge in [0.15, 0.2) is 0 Å². The van der Waals surface area contributed by atoms with Gasteiger partial charge in [-0.3, -0.25) is 10.5 Å². The number of nitrogens with zero attached hydrogens (tertiary/aromatic N) is 2. The Labute approximate surface area is 135 Å². The quantitative estimate of drug-likeness (QED) is 0.600. The molecule has 21 heavy (non-hydrogen) atoms. The Morgan fingerprint density at radius 3 is 3.00 bits per heavy atom. The molecule has 2 aromatic rings. The first-order valence-corrected chi connectivity index (χ1v) is 7.37. The molecule has 5 nitrogen and oxygen atoms in total. The average Bonchev–Trinajstić information content (AvgIpc) is 2.83. The Kier molecular flexibility index (Phi) is 5.72. The first-order chi connectivity index (χ1) is 10.1. The lowest BCUT2D eigenvalue weighted by Gasteiger charge is -2.20. The van der Waals surface area contributed by atoms with Crippen LogP contribution in [0.4, 0.5) is 4.39 Å². The molecule has 2 rings (SSSR count). The molecule has 0 saturated heterocycles. The van der Waals surface area contributed by atoms with E-state index in [9.17, 15) is 4.39 Å². The van der Waals surface area contributed by atoms with E-state index in [0.29, 0.717) is 33.9 Å². The summed E-state index contributed by atoms with van der Waals surface area (Å²) in [5.74, 6) is 5.23. The lowest BCUT2D eigenvalue weighted by Crippen LogP contribution is -2.32. The molecule has 3 N–H and O–H groups in total. The molecule has 1 aromatic carbocycles. The summed E-state index contributed by atoms with van der Waals surface area (Å²) in [4.78, 5) is 0. The Balaban J connectivity index is 2.46. The van der Waals surface area contributed by atoms with Crippen LogP contribution in [0, 0.1) is 5.82 Å². The number of benzene rings is 1. The van der Waals surface area contributed by atoms with E-state index >= 15 is 0 Å². The van der Waals surface area contributed by atoms with Crippen LogP contribution in [0.15, 0.2) is 28.9 Å². The smallest absolute Gasteiger partial charge is 0.142 e. The van der Waals surface area contributed by atoms with Gasteiger partial charge < -0.3 is 4.74 Å². The summed E-state index contributed by atoms with van der Waals surface area (Å²) in [6.07, 6.45) is 1.51. The molecule has 0 aliphatic carbocycles. The second-order valence-corrected chi connectivity index (χ2v) is 5.60. The van der Waals surface area contributed by atoms with E-state index in [1.807, 2.05) is 0 Å². The lowest BCUT2D eigenvalue weighted by molar-refractivity contribution is 0.182. The Morgan fingerprint density at radius 2 is 2.33 bits per heavy atom. The van der Waals surface area contributed by atoms with E-state index in [4.69, 9.17) is 22.2 Å². The third-order valence-electron chi connectivity index (χ3n) is 3.07. The van der Waals surface area contributed by atoms with Crippen molar-refractivity contribution in [1.29, 1.82) is 0 Å². The molecule has 8 heteroatoms. The largest absolute Gasteiger partial charge is 0.383 e. The minimum atomic E-state index is -0.616. The van der Waals surface area contributed by atoms with Crippen LogP contribution in [0.2, 0.25) is 5.02 Å². The third kappa shape index (κ3) is 3.44. The summed E-state index contributed by atoms with van der Waals surface area (Å²) in [6, 6.07) is 4.39. The average molecular weight is 378 g/mol. The summed E-state index contributed by atoms with van der Waals surface area (Å²) >= 11 is 9.35. The number of ether oxygens (including phenoxy) is 1. The highest BCUT2D eigenvalue weighted by molar-refractivity contribution is 9.10. The summed E-state index contributed by atoms with van der Waals surface area (Å²) in [5, 5.41) is 4.59. The van der Waals surface area contributed by atoms with Crippen molar-refractivity contribution in [3.05, 3.63) is 51.0 Å². The molecule has 0 bridgehead atoms. The van der Waals surface area contributed by atoms with E-state index in [1.54, 1.807) is 30.0 Å². The van der Waals surface area contributed by atoms with Gasteiger partial charge in [-0.05, 0) is 22.0 Å². The molecule has 114 valence electrons. The number of halogens is 3. The fourth-order valence-corrected chi connectivity index (χ4v) is 2.71. The molecule has 0 amide bonds. The van der Waals surface area contributed by atoms with Gasteiger partial charge in [0.1, 0.15) is 5.82 Å². The normalized spacial score (nSPS) is 12.6. The zero-order chi connectivity index (χ0) is 15.4. The molecule has 0 fully saturated rings. The van der Waals surface area contributed by atoms with Gasteiger partial charge in [-0.15, -0.1) is 0 Å². The van der Waals surface area contributed by atoms with Crippen molar-refractivity contribution in [3.63, 3.8) is 0 Å². The maximum absolute atomic E-state index is 14.3. The van der Waals surface area contributed by atoms with Gasteiger partial charge >= 0.3 is 0 Å². The molecular weight excluding hydrogens is 363 g/mol. The SMILES string of the molecule is COCCn1ncc(Cl)c1C(NN)c1cccc(Br)c1F. The van der Waals surface area contributed by atoms with Crippen molar-refractivity contribution >= 4 is 27.5 Å². The number of hydrazine groups is 1. The van der Waals surface area contributed by atoms with Gasteiger partial charge in [-0.2, -0.15) is 5.10 Å². The monoisotopic (exact) mass is 376 g/mol. The maximum atomic E-state index is 14.3. The summed E-state index contributed by atoms with van der Waals surface area (Å²) in [6.45, 7) is 0.954. The molecule has 1 heterocycles. The molecule has 0 aliphatic heterocycles. The van der Waals surface area contributed by atoms with Crippen molar-refractivity contribution in [2.75, 3.05) is 13.7 Å². The zero-order valence-corrected chi connectivity index (χ0v) is 13.7. The lowest BCUT2D eigenvalue weighted by atomic mass is 10.0. The molecular formula is C13H15BrClFN4O. The van der Waals surface area contributed by atoms with Crippen LogP contribution in [0.25, 0.3) is 0 Å². The minimum Gasteiger partial charge on any atom is -0.383 e. The Morgan fingerprint density at radius 1 is 1.57 bits per heavy atom. The first-order valence-electron chi connectivity index (χ1n) is 6.20. The molecule has 1 unspecified atom stereocenters. The number of aromatic nitrogens is 2. The highest BCUT2D eigenvalue weighted by Crippen LogP contribution is 2.31. The third-order valence-corrected chi connectivity index (χ3v) is 3.98. The van der Waals surface area contributed by atoms with Crippen molar-refractivity contribution < 1.29 is 9.13 Å². The second-order valence-electron chi connectivity index (χ2n) is 4.34. The van der Waals surface area contributed by atoms with Crippen LogP contribution in [0.3, 0.4) is 0 Å². The molecule has 0 aliphatic rings. The molecule has 0 radical (unpaired) electrons. The summed E-state index contributed by atoms with van der Waals surface area (Å²) < 4.78 is 21.4. The van der Waals surface area contributed by atoms with E-state index in [0.717, 1.165) is 0 Å². The van der Waals surface area contributed by atoms with E-state index in [2.05, 4.69) is 26.5 Å². The minimum absolute atomic E-state index is 0.360. The molecule has 0 saturated carbocycles. The van der Waals surface area contributed by atoms with Gasteiger partial charge in [0.05, 0.1) is 40.6 Å². The summed E-state index contributed by atoms with van der Waals surface area (Å²) in [5.41, 5.74) is 3.57. The van der Waals surface area contributed by atoms with Crippen LogP contribution in [0.5, 0.6) is 0 Å². The topological polar surface area (TPSA) is 65.1 Å². The highest BCUT2D eigenvalue weighted by atomic mass is 79.9. The van der Waals surface area contributed by atoms with Crippen molar-refractivity contribution in [3.8, 4) is 0 Å². The van der Waals surface area contributed by atoms with Crippen LogP contribution in [-0.2, 0) is 11.3 Å². The molecule has 1 aromatic heterocycles. The van der Waals surface area contributed by atoms with Gasteiger partial charge in [0.25, 0.3) is 0 Å². The van der Waals surface area contributed by atoms with E-state index in [1.165, 1.54) is 6.20 Å². The number of nitrogens with one attached hydrogen (secondary N) is 1. The Hall–Kier alpha value is -0.990. The van der Waals surface area contributed by atoms with Crippen LogP contribution < -0.4 is 11.3 Å². The highest BCUT2D eigenvalue weighted by Gasteiger charge is 2.24. The van der Waals surface area contributed by atoms with Crippen LogP contribution in [-0.4, -0.2) is 23.5 Å². The predicted molar refractivity (Wildman–Crippen MR) is 82.4 cm³/mol. The number of nitrogens with two attached hydrogens (primary N) is 1. The van der Waals surface area contributed by atoms with E-state index < -0.39 is 11.9 Å². The number of hydrogen-bond acceptors (Lipinski definition) is 4. The van der Waals surface area contributed by atoms with Crippen molar-refractivity contribution in [2.45, 2.75) is 12.6 Å². The second kappa shape index (κ2) is 7.33. The van der Waals surface area contributed by atoms with Gasteiger partial charge in [-0.25, -0.2) is 9.82 Å². The zero-order valence-electron chi connectivity index (χ0n) is 11.3. The number of methoxy groups -OCH3 is 1. The standard InChI is InChI=1S/C13H15BrClFN4O/c1-21-6-5-20-13(10(15)7-18-20)12(19-17)8-3-2-4-9(14)11(8)16/h2-4,7,12,19H,5-6,17H2,1H3. The predicted octanol–water partition coefficient (Wildman–Crippen LogP) is 2.64. The summed E-state index contributed by atoms with van der Waals surface area (Å²) in [7, 11) is 1.59. The number of rotatable bonds is 6. The fourth-order valence-electron chi connectivity index (χ4n) is 2.07. The van der Waals surface area contributed by atoms with Crippen molar-refractivity contribution in [1.82, 2.24) is 15.2 Å².